The van der Waals surface area contributed by atoms with Crippen molar-refractivity contribution < 1.29 is 72.4 Å². The maximum atomic E-state index is 17.1. The molecule has 2 fully saturated rings. The van der Waals surface area contributed by atoms with Crippen molar-refractivity contribution in [3.05, 3.63) is 77.3 Å². The van der Waals surface area contributed by atoms with Gasteiger partial charge in [0.05, 0.1) is 43.9 Å². The number of pyridine rings is 1. The van der Waals surface area contributed by atoms with E-state index in [2.05, 4.69) is 31.1 Å². The number of benzene rings is 2. The number of carbonyl (C=O) groups is 9. The molecule has 2 saturated heterocycles. The van der Waals surface area contributed by atoms with Crippen LogP contribution in [0.2, 0.25) is 10.1 Å². The maximum absolute atomic E-state index is 17.1. The molecule has 1 aromatic heterocycles. The van der Waals surface area contributed by atoms with E-state index >= 15 is 4.11 Å². The third-order valence-corrected chi connectivity index (χ3v) is 20.2. The molecule has 27 heteroatoms. The number of nitrogens with zero attached hydrogens (tertiary/aromatic N) is 7. The molecule has 0 spiro atoms. The number of halogens is 1. The van der Waals surface area contributed by atoms with Gasteiger partial charge in [-0.05, 0) is 70.9 Å². The highest BCUT2D eigenvalue weighted by atomic mass is 28.4. The van der Waals surface area contributed by atoms with E-state index in [1.54, 1.807) is 35.2 Å². The number of carbonyl (C=O) groups excluding carboxylic acids is 5. The molecular weight excluding hydrogens is 1110 g/mol. The first-order valence-electron chi connectivity index (χ1n) is 28.0. The Bertz CT molecular complexity index is 2830. The van der Waals surface area contributed by atoms with Crippen molar-refractivity contribution >= 4 is 77.9 Å². The zero-order valence-corrected chi connectivity index (χ0v) is 49.7. The Morgan fingerprint density at radius 1 is 0.750 bits per heavy atom. The highest BCUT2D eigenvalue weighted by Crippen LogP contribution is 2.51. The largest absolute Gasteiger partial charge is 0.494 e. The summed E-state index contributed by atoms with van der Waals surface area (Å²) in [7, 11) is -3.68. The normalized spacial score (nSPS) is 17.1. The van der Waals surface area contributed by atoms with Crippen molar-refractivity contribution in [1.82, 2.24) is 50.8 Å². The van der Waals surface area contributed by atoms with Gasteiger partial charge in [-0.25, -0.2) is 6.57 Å². The average molecular weight is 1190 g/mol. The third kappa shape index (κ3) is 19.2. The molecule has 3 heterocycles. The number of ether oxygens (including phenoxy) is 1. The van der Waals surface area contributed by atoms with E-state index in [1.165, 1.54) is 44.0 Å². The number of carboxylic acid groups (broad SMARTS) is 4. The fraction of sp³-hybridized carbons (Fsp3) is 0.561. The molecule has 2 aliphatic heterocycles. The summed E-state index contributed by atoms with van der Waals surface area (Å²) in [5, 5.41) is 49.7. The minimum Gasteiger partial charge on any atom is -0.494 e. The van der Waals surface area contributed by atoms with Gasteiger partial charge in [-0.1, -0.05) is 53.7 Å². The van der Waals surface area contributed by atoms with Gasteiger partial charge in [-0.15, -0.1) is 0 Å². The Kier molecular flexibility index (Phi) is 24.6. The predicted molar refractivity (Wildman–Crippen MR) is 310 cm³/mol. The lowest BCUT2D eigenvalue weighted by Crippen LogP contribution is -2.57. The molecule has 0 saturated carbocycles. The smallest absolute Gasteiger partial charge is 0.320 e. The van der Waals surface area contributed by atoms with Crippen molar-refractivity contribution in [2.45, 2.75) is 102 Å². The van der Waals surface area contributed by atoms with Crippen LogP contribution >= 0.6 is 0 Å². The molecule has 25 nitrogen and oxygen atoms in total. The number of rotatable bonds is 25. The van der Waals surface area contributed by atoms with Crippen LogP contribution in [0.1, 0.15) is 94.4 Å². The van der Waals surface area contributed by atoms with Gasteiger partial charge in [0, 0.05) is 102 Å². The highest BCUT2D eigenvalue weighted by Gasteiger charge is 2.56. The van der Waals surface area contributed by atoms with Gasteiger partial charge in [-0.3, -0.25) is 77.5 Å². The first kappa shape index (κ1) is 67.2. The van der Waals surface area contributed by atoms with Crippen molar-refractivity contribution in [1.29, 1.82) is 0 Å². The van der Waals surface area contributed by atoms with Crippen molar-refractivity contribution in [2.24, 2.45) is 0 Å². The number of fused-ring (bicyclic) bond motifs is 1. The number of hydrogen-bond donors (Lipinski definition) is 8. The van der Waals surface area contributed by atoms with Crippen LogP contribution in [0.15, 0.2) is 54.7 Å². The number of hydrogen-bond acceptors (Lipinski definition) is 15. The Morgan fingerprint density at radius 3 is 1.86 bits per heavy atom. The predicted octanol–water partition coefficient (Wildman–Crippen LogP) is 2.06. The van der Waals surface area contributed by atoms with Gasteiger partial charge in [0.15, 0.2) is 0 Å². The molecule has 8 N–H and O–H groups in total. The first-order valence-corrected chi connectivity index (χ1v) is 29.9. The SMILES string of the molecule is [C-]#[N+][C@@H]1CCCN1C(=O)CNC(=O)c1ccnc2ccc(OCCCNC(=O)[C@@H](CNC(=O)c3ccc([Si](F)(C(C)(C)C)C(C)(C)C)cc3)NC(=O)CCC(C(=O)O)N3CCN(CC(=O)O)CCN(CC(=O)O)CCN(CC(=O)O)CC3)cc12. The lowest BCUT2D eigenvalue weighted by molar-refractivity contribution is -0.145. The zero-order valence-electron chi connectivity index (χ0n) is 48.7. The van der Waals surface area contributed by atoms with Crippen LogP contribution < -0.4 is 31.2 Å². The van der Waals surface area contributed by atoms with Gasteiger partial charge in [-0.2, -0.15) is 0 Å². The van der Waals surface area contributed by atoms with E-state index in [4.69, 9.17) is 11.3 Å². The van der Waals surface area contributed by atoms with E-state index in [1.807, 2.05) is 41.5 Å². The molecule has 0 radical (unpaired) electrons. The molecule has 1 unspecified atom stereocenters. The number of aliphatic carboxylic acids is 4. The molecule has 458 valence electrons. The molecule has 5 amide bonds. The van der Waals surface area contributed by atoms with E-state index in [9.17, 15) is 63.6 Å². The zero-order chi connectivity index (χ0) is 61.9. The molecule has 2 aromatic carbocycles. The van der Waals surface area contributed by atoms with Crippen molar-refractivity contribution in [2.75, 3.05) is 105 Å². The van der Waals surface area contributed by atoms with Crippen LogP contribution in [0.25, 0.3) is 15.7 Å². The second-order valence-corrected chi connectivity index (χ2v) is 28.0. The first-order chi connectivity index (χ1) is 39.6. The summed E-state index contributed by atoms with van der Waals surface area (Å²) < 4.78 is 23.1. The van der Waals surface area contributed by atoms with Gasteiger partial charge >= 0.3 is 30.0 Å². The Hall–Kier alpha value is -7.64. The minimum atomic E-state index is -3.68. The lowest BCUT2D eigenvalue weighted by atomic mass is 10.1. The summed E-state index contributed by atoms with van der Waals surface area (Å²) in [5.74, 6) is -7.38. The average Bonchev–Trinajstić information content (AvgIpc) is 1.40. The van der Waals surface area contributed by atoms with Crippen LogP contribution in [0.3, 0.4) is 0 Å². The van der Waals surface area contributed by atoms with Crippen molar-refractivity contribution in [3.8, 4) is 5.75 Å². The molecule has 2 aliphatic rings. The summed E-state index contributed by atoms with van der Waals surface area (Å²) in [4.78, 5) is 131. The summed E-state index contributed by atoms with van der Waals surface area (Å²) in [6.07, 6.45) is 1.69. The summed E-state index contributed by atoms with van der Waals surface area (Å²) in [5.41, 5.74) is 0.890. The fourth-order valence-corrected chi connectivity index (χ4v) is 15.4. The number of likely N-dealkylation sites (tertiary alicyclic amines) is 1. The lowest BCUT2D eigenvalue weighted by Gasteiger charge is -2.44. The molecular formula is C57H80FN11O14Si. The molecule has 0 aliphatic carbocycles. The molecule has 0 bridgehead atoms. The molecule has 3 atom stereocenters. The number of amides is 5. The topological polar surface area (TPSA) is 325 Å². The Balaban J connectivity index is 1.28. The maximum Gasteiger partial charge on any atom is 0.320 e. The Morgan fingerprint density at radius 2 is 1.32 bits per heavy atom. The molecule has 5 rings (SSSR count). The standard InChI is InChI=1S/C57H80FN11O14Si/c1-56(2,3)84(58,57(4,5)6)40-14-11-38(12-15-40)52(78)62-33-44(54(80)61-20-9-31-83-39-13-16-43-42(32-39)41(19-21-60-43)53(79)63-34-48(71)69-22-8-10-46(69)59-7)64-47(70)18-17-45(55(81)82)68-29-27-66(36-50(74)75)25-23-65(35-49(72)73)24-26-67(28-30-68)37-51(76)77/h11-16,19,21,32,44-46H,8-10,17-18,20,22-31,33-37H2,1-6H3,(H,61,80)(H,62,78)(H,63,79)(H,64,70)(H,72,73)(H,74,75)(H,76,77)(H,81,82)/t44-,45?,46+/m1/s1. The second kappa shape index (κ2) is 30.8. The van der Waals surface area contributed by atoms with E-state index in [0.29, 0.717) is 41.2 Å². The van der Waals surface area contributed by atoms with Gasteiger partial charge in [0.25, 0.3) is 20.2 Å². The van der Waals surface area contributed by atoms with Gasteiger partial charge in [0.2, 0.25) is 17.7 Å². The number of aromatic nitrogens is 1. The monoisotopic (exact) mass is 1190 g/mol. The summed E-state index contributed by atoms with van der Waals surface area (Å²) >= 11 is 0. The fourth-order valence-electron chi connectivity index (χ4n) is 10.8. The van der Waals surface area contributed by atoms with Crippen LogP contribution in [-0.2, 0) is 33.6 Å². The van der Waals surface area contributed by atoms with E-state index < -0.39 is 110 Å². The quantitative estimate of drug-likeness (QED) is 0.0261. The summed E-state index contributed by atoms with van der Waals surface area (Å²) in [6, 6.07) is 9.91. The molecule has 84 heavy (non-hydrogen) atoms. The number of nitrogens with one attached hydrogen (secondary N) is 4. The van der Waals surface area contributed by atoms with Crippen LogP contribution in [0, 0.1) is 6.57 Å². The summed E-state index contributed by atoms with van der Waals surface area (Å²) in [6.45, 7) is 17.5. The van der Waals surface area contributed by atoms with E-state index in [0.717, 1.165) is 0 Å². The third-order valence-electron chi connectivity index (χ3n) is 15.0. The van der Waals surface area contributed by atoms with Crippen LogP contribution in [-0.4, -0.2) is 235 Å². The highest BCUT2D eigenvalue weighted by molar-refractivity contribution is 6.90. The van der Waals surface area contributed by atoms with Gasteiger partial charge < -0.3 is 50.5 Å². The molecule has 3 aromatic rings. The van der Waals surface area contributed by atoms with Crippen molar-refractivity contribution in [3.63, 3.8) is 0 Å². The van der Waals surface area contributed by atoms with E-state index in [-0.39, 0.29) is 108 Å². The second-order valence-electron chi connectivity index (χ2n) is 23.1. The van der Waals surface area contributed by atoms with Crippen LogP contribution in [0.5, 0.6) is 5.75 Å². The Labute approximate surface area is 489 Å². The van der Waals surface area contributed by atoms with Gasteiger partial charge in [0.1, 0.15) is 17.8 Å². The van der Waals surface area contributed by atoms with Crippen LogP contribution in [0.4, 0.5) is 4.11 Å². The minimum absolute atomic E-state index is 0.0185. The number of carboxylic acids is 4.